The van der Waals surface area contributed by atoms with Crippen LogP contribution >= 0.6 is 0 Å². The highest BCUT2D eigenvalue weighted by molar-refractivity contribution is 5.88. The summed E-state index contributed by atoms with van der Waals surface area (Å²) in [5.41, 5.74) is 3.84. The SMILES string of the molecule is C[C@H]1NC(=O)[C@@H]1NOCc1ccccc1. The smallest absolute Gasteiger partial charge is 0.241 e. The summed E-state index contributed by atoms with van der Waals surface area (Å²) in [6.07, 6.45) is 0. The summed E-state index contributed by atoms with van der Waals surface area (Å²) in [5.74, 6) is -0.00411. The summed E-state index contributed by atoms with van der Waals surface area (Å²) in [6.45, 7) is 2.41. The van der Waals surface area contributed by atoms with Crippen LogP contribution < -0.4 is 10.8 Å². The number of benzene rings is 1. The normalized spacial score (nSPS) is 24.5. The molecule has 0 saturated carbocycles. The highest BCUT2D eigenvalue weighted by Gasteiger charge is 2.35. The van der Waals surface area contributed by atoms with Gasteiger partial charge in [-0.1, -0.05) is 30.3 Å². The Balaban J connectivity index is 1.73. The molecule has 0 unspecified atom stereocenters. The summed E-state index contributed by atoms with van der Waals surface area (Å²) in [4.78, 5) is 16.3. The molecule has 1 aromatic carbocycles. The van der Waals surface area contributed by atoms with Gasteiger partial charge in [0.25, 0.3) is 0 Å². The topological polar surface area (TPSA) is 50.4 Å². The minimum atomic E-state index is -0.214. The van der Waals surface area contributed by atoms with Crippen LogP contribution in [0, 0.1) is 0 Å². The molecule has 80 valence electrons. The molecule has 1 aliphatic rings. The van der Waals surface area contributed by atoms with Crippen molar-refractivity contribution in [2.24, 2.45) is 0 Å². The molecule has 4 heteroatoms. The Kier molecular flexibility index (Phi) is 2.99. The van der Waals surface area contributed by atoms with E-state index in [0.717, 1.165) is 5.56 Å². The molecule has 2 atom stereocenters. The quantitative estimate of drug-likeness (QED) is 0.560. The van der Waals surface area contributed by atoms with Crippen molar-refractivity contribution in [3.8, 4) is 0 Å². The molecular weight excluding hydrogens is 192 g/mol. The molecule has 2 rings (SSSR count). The number of rotatable bonds is 4. The second-order valence-corrected chi connectivity index (χ2v) is 3.67. The summed E-state index contributed by atoms with van der Waals surface area (Å²) in [6, 6.07) is 9.76. The summed E-state index contributed by atoms with van der Waals surface area (Å²) in [5, 5.41) is 2.72. The van der Waals surface area contributed by atoms with Crippen molar-refractivity contribution in [1.29, 1.82) is 0 Å². The van der Waals surface area contributed by atoms with Gasteiger partial charge in [-0.25, -0.2) is 0 Å². The first kappa shape index (κ1) is 10.1. The van der Waals surface area contributed by atoms with Crippen molar-refractivity contribution < 1.29 is 9.63 Å². The van der Waals surface area contributed by atoms with Crippen molar-refractivity contribution in [1.82, 2.24) is 10.8 Å². The van der Waals surface area contributed by atoms with E-state index in [1.54, 1.807) is 0 Å². The zero-order valence-corrected chi connectivity index (χ0v) is 8.57. The Bertz CT molecular complexity index is 340. The zero-order chi connectivity index (χ0) is 10.7. The highest BCUT2D eigenvalue weighted by Crippen LogP contribution is 2.06. The van der Waals surface area contributed by atoms with E-state index in [-0.39, 0.29) is 18.0 Å². The predicted octanol–water partition coefficient (Wildman–Crippen LogP) is 0.595. The van der Waals surface area contributed by atoms with Gasteiger partial charge in [0.05, 0.1) is 12.6 Å². The van der Waals surface area contributed by atoms with Crippen LogP contribution in [0.2, 0.25) is 0 Å². The van der Waals surface area contributed by atoms with Crippen LogP contribution in [-0.4, -0.2) is 18.0 Å². The van der Waals surface area contributed by atoms with Crippen LogP contribution in [0.3, 0.4) is 0 Å². The number of β-lactam (4-membered cyclic amide) rings is 1. The summed E-state index contributed by atoms with van der Waals surface area (Å²) in [7, 11) is 0. The Labute approximate surface area is 88.6 Å². The average Bonchev–Trinajstić information content (AvgIpc) is 2.26. The van der Waals surface area contributed by atoms with Gasteiger partial charge in [0.2, 0.25) is 5.91 Å². The Morgan fingerprint density at radius 1 is 1.40 bits per heavy atom. The predicted molar refractivity (Wildman–Crippen MR) is 55.8 cm³/mol. The molecule has 1 amide bonds. The van der Waals surface area contributed by atoms with Gasteiger partial charge in [-0.2, -0.15) is 5.48 Å². The van der Waals surface area contributed by atoms with Gasteiger partial charge in [-0.3, -0.25) is 9.63 Å². The van der Waals surface area contributed by atoms with E-state index in [1.807, 2.05) is 37.3 Å². The molecule has 0 aromatic heterocycles. The van der Waals surface area contributed by atoms with Crippen molar-refractivity contribution in [3.05, 3.63) is 35.9 Å². The lowest BCUT2D eigenvalue weighted by Gasteiger charge is -2.33. The third-order valence-electron chi connectivity index (χ3n) is 2.44. The van der Waals surface area contributed by atoms with Gasteiger partial charge in [-0.15, -0.1) is 0 Å². The van der Waals surface area contributed by atoms with E-state index in [0.29, 0.717) is 6.61 Å². The number of carbonyl (C=O) groups excluding carboxylic acids is 1. The molecule has 15 heavy (non-hydrogen) atoms. The molecule has 4 nitrogen and oxygen atoms in total. The van der Waals surface area contributed by atoms with Crippen molar-refractivity contribution >= 4 is 5.91 Å². The largest absolute Gasteiger partial charge is 0.350 e. The lowest BCUT2D eigenvalue weighted by atomic mass is 10.0. The zero-order valence-electron chi connectivity index (χ0n) is 8.57. The number of hydrogen-bond acceptors (Lipinski definition) is 3. The van der Waals surface area contributed by atoms with E-state index < -0.39 is 0 Å². The third-order valence-corrected chi connectivity index (χ3v) is 2.44. The Morgan fingerprint density at radius 2 is 2.13 bits per heavy atom. The van der Waals surface area contributed by atoms with Crippen LogP contribution in [0.4, 0.5) is 0 Å². The maximum Gasteiger partial charge on any atom is 0.241 e. The molecule has 1 aliphatic heterocycles. The van der Waals surface area contributed by atoms with Crippen LogP contribution in [0.15, 0.2) is 30.3 Å². The molecule has 1 heterocycles. The second kappa shape index (κ2) is 4.42. The molecule has 0 radical (unpaired) electrons. The van der Waals surface area contributed by atoms with Gasteiger partial charge in [0, 0.05) is 0 Å². The van der Waals surface area contributed by atoms with Gasteiger partial charge < -0.3 is 5.32 Å². The fraction of sp³-hybridized carbons (Fsp3) is 0.364. The lowest BCUT2D eigenvalue weighted by molar-refractivity contribution is -0.138. The van der Waals surface area contributed by atoms with Crippen molar-refractivity contribution in [2.75, 3.05) is 0 Å². The molecule has 0 spiro atoms. The van der Waals surface area contributed by atoms with Gasteiger partial charge in [0.1, 0.15) is 6.04 Å². The second-order valence-electron chi connectivity index (χ2n) is 3.67. The van der Waals surface area contributed by atoms with Gasteiger partial charge in [-0.05, 0) is 12.5 Å². The number of amides is 1. The monoisotopic (exact) mass is 206 g/mol. The molecule has 0 aliphatic carbocycles. The molecule has 1 fully saturated rings. The van der Waals surface area contributed by atoms with E-state index in [9.17, 15) is 4.79 Å². The fourth-order valence-corrected chi connectivity index (χ4v) is 1.47. The van der Waals surface area contributed by atoms with E-state index in [2.05, 4.69) is 10.8 Å². The lowest BCUT2D eigenvalue weighted by Crippen LogP contribution is -2.66. The molecule has 1 saturated heterocycles. The van der Waals surface area contributed by atoms with Crippen molar-refractivity contribution in [2.45, 2.75) is 25.6 Å². The number of hydrogen-bond donors (Lipinski definition) is 2. The first-order chi connectivity index (χ1) is 7.27. The standard InChI is InChI=1S/C11H14N2O2/c1-8-10(11(14)12-8)13-15-7-9-5-3-2-4-6-9/h2-6,8,10,13H,7H2,1H3,(H,12,14)/t8-,10-/m1/s1. The minimum Gasteiger partial charge on any atom is -0.350 e. The summed E-state index contributed by atoms with van der Waals surface area (Å²) >= 11 is 0. The molecule has 2 N–H and O–H groups in total. The van der Waals surface area contributed by atoms with Crippen LogP contribution in [0.25, 0.3) is 0 Å². The molecular formula is C11H14N2O2. The molecule has 1 aromatic rings. The minimum absolute atomic E-state index is 0.00411. The Morgan fingerprint density at radius 3 is 2.73 bits per heavy atom. The third kappa shape index (κ3) is 2.34. The molecule has 0 bridgehead atoms. The van der Waals surface area contributed by atoms with Crippen molar-refractivity contribution in [3.63, 3.8) is 0 Å². The van der Waals surface area contributed by atoms with Gasteiger partial charge >= 0.3 is 0 Å². The Hall–Kier alpha value is -1.39. The van der Waals surface area contributed by atoms with E-state index >= 15 is 0 Å². The van der Waals surface area contributed by atoms with Crippen LogP contribution in [0.5, 0.6) is 0 Å². The highest BCUT2D eigenvalue weighted by atomic mass is 16.6. The van der Waals surface area contributed by atoms with E-state index in [1.165, 1.54) is 0 Å². The van der Waals surface area contributed by atoms with Gasteiger partial charge in [0.15, 0.2) is 0 Å². The van der Waals surface area contributed by atoms with Crippen LogP contribution in [0.1, 0.15) is 12.5 Å². The summed E-state index contributed by atoms with van der Waals surface area (Å²) < 4.78 is 0. The van der Waals surface area contributed by atoms with Crippen LogP contribution in [-0.2, 0) is 16.2 Å². The maximum absolute atomic E-state index is 11.0. The first-order valence-corrected chi connectivity index (χ1v) is 4.99. The number of hydroxylamine groups is 1. The maximum atomic E-state index is 11.0. The van der Waals surface area contributed by atoms with E-state index in [4.69, 9.17) is 4.84 Å². The first-order valence-electron chi connectivity index (χ1n) is 4.99. The fourth-order valence-electron chi connectivity index (χ4n) is 1.47. The average molecular weight is 206 g/mol. The number of carbonyl (C=O) groups is 1. The number of nitrogens with one attached hydrogen (secondary N) is 2.